The molecule has 0 spiro atoms. The van der Waals surface area contributed by atoms with Crippen molar-refractivity contribution in [3.8, 4) is 11.5 Å². The molecule has 4 nitrogen and oxygen atoms in total. The summed E-state index contributed by atoms with van der Waals surface area (Å²) in [6.45, 7) is 4.33. The van der Waals surface area contributed by atoms with E-state index in [4.69, 9.17) is 16.0 Å². The van der Waals surface area contributed by atoms with Gasteiger partial charge in [0.05, 0.1) is 10.7 Å². The van der Waals surface area contributed by atoms with Gasteiger partial charge in [-0.25, -0.2) is 9.37 Å². The van der Waals surface area contributed by atoms with E-state index >= 15 is 0 Å². The van der Waals surface area contributed by atoms with E-state index in [9.17, 15) is 9.18 Å². The quantitative estimate of drug-likeness (QED) is 0.374. The summed E-state index contributed by atoms with van der Waals surface area (Å²) < 4.78 is 19.0. The van der Waals surface area contributed by atoms with E-state index in [1.807, 2.05) is 12.1 Å². The molecule has 1 atom stereocenters. The van der Waals surface area contributed by atoms with Gasteiger partial charge in [-0.1, -0.05) is 31.5 Å². The van der Waals surface area contributed by atoms with Crippen LogP contribution in [0, 0.1) is 5.82 Å². The average molecular weight is 423 g/mol. The topological polar surface area (TPSA) is 55.1 Å². The van der Waals surface area contributed by atoms with Gasteiger partial charge in [-0.15, -0.1) is 0 Å². The van der Waals surface area contributed by atoms with Gasteiger partial charge in [0.15, 0.2) is 5.58 Å². The second kappa shape index (κ2) is 8.28. The normalized spacial score (nSPS) is 12.1. The van der Waals surface area contributed by atoms with Gasteiger partial charge in [-0.3, -0.25) is 4.79 Å². The highest BCUT2D eigenvalue weighted by Crippen LogP contribution is 2.32. The smallest absolute Gasteiger partial charge is 0.255 e. The highest BCUT2D eigenvalue weighted by Gasteiger charge is 2.14. The number of carbonyl (C=O) groups excluding carboxylic acids is 1. The molecule has 0 radical (unpaired) electrons. The third-order valence-electron chi connectivity index (χ3n) is 5.16. The first-order chi connectivity index (χ1) is 14.4. The van der Waals surface area contributed by atoms with Crippen LogP contribution in [-0.2, 0) is 0 Å². The Morgan fingerprint density at radius 2 is 1.90 bits per heavy atom. The van der Waals surface area contributed by atoms with Gasteiger partial charge in [-0.2, -0.15) is 0 Å². The number of nitrogens with one attached hydrogen (secondary N) is 1. The Morgan fingerprint density at radius 1 is 1.13 bits per heavy atom. The lowest BCUT2D eigenvalue weighted by Gasteiger charge is -2.08. The maximum Gasteiger partial charge on any atom is 0.255 e. The number of benzene rings is 3. The molecule has 0 fully saturated rings. The van der Waals surface area contributed by atoms with Crippen LogP contribution >= 0.6 is 11.6 Å². The van der Waals surface area contributed by atoms with E-state index in [-0.39, 0.29) is 5.91 Å². The molecular formula is C24H20ClFN2O2. The molecule has 3 aromatic carbocycles. The van der Waals surface area contributed by atoms with Gasteiger partial charge < -0.3 is 9.73 Å². The average Bonchev–Trinajstić information content (AvgIpc) is 3.18. The molecule has 1 aromatic heterocycles. The summed E-state index contributed by atoms with van der Waals surface area (Å²) in [5.41, 5.74) is 4.14. The van der Waals surface area contributed by atoms with Gasteiger partial charge in [0, 0.05) is 11.1 Å². The zero-order valence-corrected chi connectivity index (χ0v) is 17.3. The fraction of sp³-hybridized carbons (Fsp3) is 0.167. The lowest BCUT2D eigenvalue weighted by atomic mass is 9.98. The van der Waals surface area contributed by atoms with E-state index in [0.717, 1.165) is 11.9 Å². The molecule has 6 heteroatoms. The zero-order valence-electron chi connectivity index (χ0n) is 16.6. The number of anilines is 1. The maximum absolute atomic E-state index is 13.1. The van der Waals surface area contributed by atoms with Crippen LogP contribution in [-0.4, -0.2) is 10.9 Å². The number of nitrogens with zero attached hydrogens (tertiary/aromatic N) is 1. The Balaban J connectivity index is 1.64. The predicted octanol–water partition coefficient (Wildman–Crippen LogP) is 7.05. The van der Waals surface area contributed by atoms with Gasteiger partial charge in [0.25, 0.3) is 5.91 Å². The van der Waals surface area contributed by atoms with Crippen LogP contribution in [0.2, 0.25) is 5.02 Å². The molecule has 0 aliphatic carbocycles. The largest absolute Gasteiger partial charge is 0.436 e. The fourth-order valence-electron chi connectivity index (χ4n) is 3.16. The van der Waals surface area contributed by atoms with Crippen molar-refractivity contribution in [2.75, 3.05) is 5.32 Å². The molecule has 4 aromatic rings. The van der Waals surface area contributed by atoms with Crippen LogP contribution in [0.3, 0.4) is 0 Å². The number of hydrogen-bond donors (Lipinski definition) is 1. The van der Waals surface area contributed by atoms with E-state index < -0.39 is 5.82 Å². The van der Waals surface area contributed by atoms with Crippen LogP contribution in [0.4, 0.5) is 10.1 Å². The van der Waals surface area contributed by atoms with Crippen molar-refractivity contribution in [3.63, 3.8) is 0 Å². The number of fused-ring (bicyclic) bond motifs is 1. The van der Waals surface area contributed by atoms with Gasteiger partial charge in [-0.05, 0) is 72.5 Å². The molecule has 0 aliphatic heterocycles. The number of rotatable bonds is 5. The highest BCUT2D eigenvalue weighted by atomic mass is 35.5. The Bertz CT molecular complexity index is 1220. The molecule has 0 saturated carbocycles. The SMILES string of the molecule is CC[C@H](C)c1ccc2oc(-c3ccc(Cl)c(NC(=O)c4ccc(F)cc4)c3)nc2c1. The predicted molar refractivity (Wildman–Crippen MR) is 118 cm³/mol. The first-order valence-corrected chi connectivity index (χ1v) is 10.1. The molecule has 0 saturated heterocycles. The molecule has 0 unspecified atom stereocenters. The number of halogens is 2. The molecule has 152 valence electrons. The summed E-state index contributed by atoms with van der Waals surface area (Å²) in [5, 5.41) is 3.14. The molecular weight excluding hydrogens is 403 g/mol. The molecule has 1 amide bonds. The Kier molecular flexibility index (Phi) is 5.55. The maximum atomic E-state index is 13.1. The zero-order chi connectivity index (χ0) is 21.3. The number of amides is 1. The number of aromatic nitrogens is 1. The van der Waals surface area contributed by atoms with Crippen molar-refractivity contribution in [1.82, 2.24) is 4.98 Å². The minimum Gasteiger partial charge on any atom is -0.436 e. The third kappa shape index (κ3) is 4.07. The first kappa shape index (κ1) is 20.1. The molecule has 30 heavy (non-hydrogen) atoms. The summed E-state index contributed by atoms with van der Waals surface area (Å²) in [4.78, 5) is 17.1. The fourth-order valence-corrected chi connectivity index (χ4v) is 3.32. The summed E-state index contributed by atoms with van der Waals surface area (Å²) >= 11 is 6.26. The van der Waals surface area contributed by atoms with E-state index in [2.05, 4.69) is 30.2 Å². The minimum absolute atomic E-state index is 0.331. The van der Waals surface area contributed by atoms with Crippen LogP contribution in [0.25, 0.3) is 22.6 Å². The molecule has 0 aliphatic rings. The second-order valence-electron chi connectivity index (χ2n) is 7.21. The molecule has 1 N–H and O–H groups in total. The monoisotopic (exact) mass is 422 g/mol. The van der Waals surface area contributed by atoms with Gasteiger partial charge in [0.2, 0.25) is 5.89 Å². The number of carbonyl (C=O) groups is 1. The Labute approximate surface area is 178 Å². The van der Waals surface area contributed by atoms with Crippen LogP contribution in [0.1, 0.15) is 42.1 Å². The van der Waals surface area contributed by atoms with Gasteiger partial charge in [0.1, 0.15) is 11.3 Å². The van der Waals surface area contributed by atoms with Crippen molar-refractivity contribution in [2.24, 2.45) is 0 Å². The summed E-state index contributed by atoms with van der Waals surface area (Å²) in [6, 6.07) is 16.5. The Morgan fingerprint density at radius 3 is 2.63 bits per heavy atom. The lowest BCUT2D eigenvalue weighted by Crippen LogP contribution is -2.12. The van der Waals surface area contributed by atoms with Crippen molar-refractivity contribution in [3.05, 3.63) is 82.6 Å². The minimum atomic E-state index is -0.404. The number of oxazole rings is 1. The molecule has 1 heterocycles. The van der Waals surface area contributed by atoms with Crippen molar-refractivity contribution in [1.29, 1.82) is 0 Å². The summed E-state index contributed by atoms with van der Waals surface area (Å²) in [5.74, 6) is 0.0995. The summed E-state index contributed by atoms with van der Waals surface area (Å²) in [6.07, 6.45) is 1.05. The number of hydrogen-bond acceptors (Lipinski definition) is 3. The van der Waals surface area contributed by atoms with Crippen LogP contribution in [0.5, 0.6) is 0 Å². The summed E-state index contributed by atoms with van der Waals surface area (Å²) in [7, 11) is 0. The highest BCUT2D eigenvalue weighted by molar-refractivity contribution is 6.34. The van der Waals surface area contributed by atoms with E-state index in [0.29, 0.717) is 39.2 Å². The van der Waals surface area contributed by atoms with E-state index in [1.165, 1.54) is 29.8 Å². The van der Waals surface area contributed by atoms with Crippen LogP contribution in [0.15, 0.2) is 65.1 Å². The standard InChI is InChI=1S/C24H20ClFN2O2/c1-3-14(2)16-7-11-22-21(12-16)28-24(30-22)17-6-10-19(25)20(13-17)27-23(29)15-4-8-18(26)9-5-15/h4-14H,3H2,1-2H3,(H,27,29)/t14-/m0/s1. The van der Waals surface area contributed by atoms with Gasteiger partial charge >= 0.3 is 0 Å². The third-order valence-corrected chi connectivity index (χ3v) is 5.49. The van der Waals surface area contributed by atoms with E-state index in [1.54, 1.807) is 18.2 Å². The van der Waals surface area contributed by atoms with Crippen LogP contribution < -0.4 is 5.32 Å². The first-order valence-electron chi connectivity index (χ1n) is 9.72. The second-order valence-corrected chi connectivity index (χ2v) is 7.62. The van der Waals surface area contributed by atoms with Crippen molar-refractivity contribution >= 4 is 34.3 Å². The molecule has 0 bridgehead atoms. The van der Waals surface area contributed by atoms with Crippen molar-refractivity contribution < 1.29 is 13.6 Å². The van der Waals surface area contributed by atoms with Crippen molar-refractivity contribution in [2.45, 2.75) is 26.2 Å². The molecule has 4 rings (SSSR count). The lowest BCUT2D eigenvalue weighted by molar-refractivity contribution is 0.102. The Hall–Kier alpha value is -3.18.